The molecule has 1 aromatic carbocycles. The summed E-state index contributed by atoms with van der Waals surface area (Å²) in [6.45, 7) is 1.89. The van der Waals surface area contributed by atoms with E-state index in [2.05, 4.69) is 20.9 Å². The summed E-state index contributed by atoms with van der Waals surface area (Å²) in [5.41, 5.74) is 0.938. The summed E-state index contributed by atoms with van der Waals surface area (Å²) in [5, 5.41) is 0.707. The Kier molecular flexibility index (Phi) is 3.79. The van der Waals surface area contributed by atoms with Crippen LogP contribution in [0.3, 0.4) is 0 Å². The fourth-order valence-electron chi connectivity index (χ4n) is 1.30. The van der Waals surface area contributed by atoms with E-state index in [1.54, 1.807) is 6.20 Å². The van der Waals surface area contributed by atoms with Crippen molar-refractivity contribution in [3.05, 3.63) is 52.1 Å². The molecular formula is C12H8BrF2NS. The summed E-state index contributed by atoms with van der Waals surface area (Å²) >= 11 is 4.49. The minimum absolute atomic E-state index is 0.365. The Morgan fingerprint density at radius 2 is 2.00 bits per heavy atom. The first-order valence-corrected chi connectivity index (χ1v) is 6.42. The fraction of sp³-hybridized carbons (Fsp3) is 0.0833. The zero-order valence-corrected chi connectivity index (χ0v) is 11.3. The summed E-state index contributed by atoms with van der Waals surface area (Å²) in [5.74, 6) is -1.15. The van der Waals surface area contributed by atoms with Crippen LogP contribution in [0.15, 0.2) is 44.9 Å². The number of benzene rings is 1. The molecule has 1 aromatic heterocycles. The number of hydrogen-bond acceptors (Lipinski definition) is 2. The van der Waals surface area contributed by atoms with Gasteiger partial charge in [0.05, 0.1) is 0 Å². The first-order valence-electron chi connectivity index (χ1n) is 4.81. The minimum atomic E-state index is -0.577. The van der Waals surface area contributed by atoms with E-state index in [0.717, 1.165) is 16.1 Å². The van der Waals surface area contributed by atoms with Crippen LogP contribution in [-0.2, 0) is 0 Å². The molecule has 0 saturated heterocycles. The van der Waals surface area contributed by atoms with Gasteiger partial charge in [-0.1, -0.05) is 11.8 Å². The van der Waals surface area contributed by atoms with Gasteiger partial charge >= 0.3 is 0 Å². The minimum Gasteiger partial charge on any atom is -0.248 e. The van der Waals surface area contributed by atoms with Gasteiger partial charge in [0.1, 0.15) is 16.7 Å². The standard InChI is InChI=1S/C12H8BrF2NS/c1-7-4-8(13)6-16-12(7)17-11-3-2-9(14)5-10(11)15/h2-6H,1H3. The summed E-state index contributed by atoms with van der Waals surface area (Å²) in [6.07, 6.45) is 1.65. The third-order valence-corrected chi connectivity index (χ3v) is 3.70. The van der Waals surface area contributed by atoms with Gasteiger partial charge in [-0.3, -0.25) is 0 Å². The van der Waals surface area contributed by atoms with Crippen molar-refractivity contribution in [2.75, 3.05) is 0 Å². The fourth-order valence-corrected chi connectivity index (χ4v) is 2.57. The molecule has 88 valence electrons. The van der Waals surface area contributed by atoms with E-state index in [9.17, 15) is 8.78 Å². The molecule has 0 bridgehead atoms. The number of aryl methyl sites for hydroxylation is 1. The highest BCUT2D eigenvalue weighted by Crippen LogP contribution is 2.31. The SMILES string of the molecule is Cc1cc(Br)cnc1Sc1ccc(F)cc1F. The summed E-state index contributed by atoms with van der Waals surface area (Å²) < 4.78 is 27.1. The van der Waals surface area contributed by atoms with Crippen LogP contribution in [0.5, 0.6) is 0 Å². The number of halogens is 3. The van der Waals surface area contributed by atoms with E-state index in [4.69, 9.17) is 0 Å². The second-order valence-electron chi connectivity index (χ2n) is 3.45. The Bertz CT molecular complexity index is 511. The predicted octanol–water partition coefficient (Wildman–Crippen LogP) is 4.58. The maximum atomic E-state index is 13.4. The predicted molar refractivity (Wildman–Crippen MR) is 67.2 cm³/mol. The second-order valence-corrected chi connectivity index (χ2v) is 5.40. The molecule has 0 amide bonds. The van der Waals surface area contributed by atoms with Crippen LogP contribution >= 0.6 is 27.7 Å². The molecule has 0 aliphatic heterocycles. The lowest BCUT2D eigenvalue weighted by Gasteiger charge is -2.05. The van der Waals surface area contributed by atoms with Crippen LogP contribution in [0.1, 0.15) is 5.56 Å². The van der Waals surface area contributed by atoms with Crippen molar-refractivity contribution in [3.8, 4) is 0 Å². The monoisotopic (exact) mass is 315 g/mol. The first-order chi connectivity index (χ1) is 8.06. The van der Waals surface area contributed by atoms with E-state index in [-0.39, 0.29) is 0 Å². The Morgan fingerprint density at radius 3 is 2.65 bits per heavy atom. The van der Waals surface area contributed by atoms with Crippen LogP contribution in [-0.4, -0.2) is 4.98 Å². The van der Waals surface area contributed by atoms with Crippen LogP contribution in [0.4, 0.5) is 8.78 Å². The van der Waals surface area contributed by atoms with E-state index < -0.39 is 11.6 Å². The molecule has 0 saturated carbocycles. The van der Waals surface area contributed by atoms with Gasteiger partial charge in [0, 0.05) is 21.6 Å². The molecule has 5 heteroatoms. The lowest BCUT2D eigenvalue weighted by atomic mass is 10.3. The molecule has 1 nitrogen and oxygen atoms in total. The average molecular weight is 316 g/mol. The van der Waals surface area contributed by atoms with Gasteiger partial charge in [-0.2, -0.15) is 0 Å². The van der Waals surface area contributed by atoms with Crippen LogP contribution in [0.25, 0.3) is 0 Å². The zero-order valence-electron chi connectivity index (χ0n) is 8.88. The molecule has 0 aliphatic carbocycles. The maximum absolute atomic E-state index is 13.4. The summed E-state index contributed by atoms with van der Waals surface area (Å²) in [7, 11) is 0. The highest BCUT2D eigenvalue weighted by Gasteiger charge is 2.08. The topological polar surface area (TPSA) is 12.9 Å². The van der Waals surface area contributed by atoms with Crippen LogP contribution < -0.4 is 0 Å². The van der Waals surface area contributed by atoms with Crippen molar-refractivity contribution in [3.63, 3.8) is 0 Å². The Labute approximate surface area is 110 Å². The van der Waals surface area contributed by atoms with Gasteiger partial charge in [-0.05, 0) is 46.6 Å². The second kappa shape index (κ2) is 5.14. The largest absolute Gasteiger partial charge is 0.248 e. The Balaban J connectivity index is 2.31. The van der Waals surface area contributed by atoms with Gasteiger partial charge in [-0.25, -0.2) is 13.8 Å². The lowest BCUT2D eigenvalue weighted by molar-refractivity contribution is 0.565. The van der Waals surface area contributed by atoms with E-state index >= 15 is 0 Å². The van der Waals surface area contributed by atoms with Crippen molar-refractivity contribution in [2.24, 2.45) is 0 Å². The normalized spacial score (nSPS) is 10.6. The summed E-state index contributed by atoms with van der Waals surface area (Å²) in [6, 6.07) is 5.42. The first kappa shape index (κ1) is 12.5. The molecule has 1 heterocycles. The van der Waals surface area contributed by atoms with Gasteiger partial charge in [-0.15, -0.1) is 0 Å². The van der Waals surface area contributed by atoms with Crippen molar-refractivity contribution in [2.45, 2.75) is 16.8 Å². The third-order valence-electron chi connectivity index (χ3n) is 2.10. The van der Waals surface area contributed by atoms with Gasteiger partial charge < -0.3 is 0 Å². The molecule has 0 radical (unpaired) electrons. The molecule has 0 aliphatic rings. The molecule has 0 N–H and O–H groups in total. The van der Waals surface area contributed by atoms with Crippen LogP contribution in [0.2, 0.25) is 0 Å². The molecule has 0 fully saturated rings. The smallest absolute Gasteiger partial charge is 0.140 e. The number of nitrogens with zero attached hydrogens (tertiary/aromatic N) is 1. The molecule has 2 aromatic rings. The average Bonchev–Trinajstić information content (AvgIpc) is 2.25. The van der Waals surface area contributed by atoms with E-state index in [1.165, 1.54) is 23.9 Å². The third kappa shape index (κ3) is 3.04. The Morgan fingerprint density at radius 1 is 1.24 bits per heavy atom. The highest BCUT2D eigenvalue weighted by molar-refractivity contribution is 9.10. The molecule has 0 unspecified atom stereocenters. The van der Waals surface area contributed by atoms with E-state index in [1.807, 2.05) is 13.0 Å². The molecule has 0 spiro atoms. The van der Waals surface area contributed by atoms with Crippen molar-refractivity contribution in [1.29, 1.82) is 0 Å². The molecular weight excluding hydrogens is 308 g/mol. The van der Waals surface area contributed by atoms with Gasteiger partial charge in [0.2, 0.25) is 0 Å². The number of pyridine rings is 1. The van der Waals surface area contributed by atoms with Crippen molar-refractivity contribution < 1.29 is 8.78 Å². The van der Waals surface area contributed by atoms with Crippen LogP contribution in [0, 0.1) is 18.6 Å². The number of rotatable bonds is 2. The van der Waals surface area contributed by atoms with Gasteiger partial charge in [0.25, 0.3) is 0 Å². The highest BCUT2D eigenvalue weighted by atomic mass is 79.9. The maximum Gasteiger partial charge on any atom is 0.140 e. The van der Waals surface area contributed by atoms with Gasteiger partial charge in [0.15, 0.2) is 0 Å². The molecule has 0 atom stereocenters. The summed E-state index contributed by atoms with van der Waals surface area (Å²) in [4.78, 5) is 4.56. The zero-order chi connectivity index (χ0) is 12.4. The Hall–Kier alpha value is -0.940. The number of aromatic nitrogens is 1. The lowest BCUT2D eigenvalue weighted by Crippen LogP contribution is -1.88. The van der Waals surface area contributed by atoms with E-state index in [0.29, 0.717) is 9.92 Å². The molecule has 2 rings (SSSR count). The number of hydrogen-bond donors (Lipinski definition) is 0. The molecule has 17 heavy (non-hydrogen) atoms. The van der Waals surface area contributed by atoms with Crippen molar-refractivity contribution in [1.82, 2.24) is 4.98 Å². The quantitative estimate of drug-likeness (QED) is 0.804. The van der Waals surface area contributed by atoms with Crippen molar-refractivity contribution >= 4 is 27.7 Å².